The highest BCUT2D eigenvalue weighted by molar-refractivity contribution is 5.92. The van der Waals surface area contributed by atoms with E-state index in [9.17, 15) is 4.79 Å². The first-order valence-corrected chi connectivity index (χ1v) is 7.89. The highest BCUT2D eigenvalue weighted by atomic mass is 16.5. The zero-order valence-electron chi connectivity index (χ0n) is 13.3. The molecule has 0 aliphatic rings. The van der Waals surface area contributed by atoms with Gasteiger partial charge in [-0.1, -0.05) is 48.5 Å². The maximum absolute atomic E-state index is 12.3. The number of benzene rings is 2. The second-order valence-electron chi connectivity index (χ2n) is 5.37. The molecule has 0 spiro atoms. The fraction of sp³-hybridized carbons (Fsp3) is 0.150. The summed E-state index contributed by atoms with van der Waals surface area (Å²) in [6, 6.07) is 21.3. The minimum absolute atomic E-state index is 0.220. The highest BCUT2D eigenvalue weighted by Gasteiger charge is 2.15. The summed E-state index contributed by atoms with van der Waals surface area (Å²) >= 11 is 0. The average Bonchev–Trinajstić information content (AvgIpc) is 3.10. The van der Waals surface area contributed by atoms with Gasteiger partial charge in [0.15, 0.2) is 5.76 Å². The largest absolute Gasteiger partial charge is 0.489 e. The summed E-state index contributed by atoms with van der Waals surface area (Å²) in [6.07, 6.45) is 2.29. The van der Waals surface area contributed by atoms with Crippen molar-refractivity contribution in [1.82, 2.24) is 5.32 Å². The maximum atomic E-state index is 12.3. The monoisotopic (exact) mass is 321 g/mol. The lowest BCUT2D eigenvalue weighted by Crippen LogP contribution is -2.26. The average molecular weight is 321 g/mol. The van der Waals surface area contributed by atoms with Gasteiger partial charge in [-0.05, 0) is 30.2 Å². The van der Waals surface area contributed by atoms with E-state index in [1.54, 1.807) is 6.07 Å². The molecule has 0 bridgehead atoms. The van der Waals surface area contributed by atoms with E-state index in [4.69, 9.17) is 9.15 Å². The number of para-hydroxylation sites is 1. The molecule has 4 nitrogen and oxygen atoms in total. The number of furan rings is 1. The van der Waals surface area contributed by atoms with Crippen LogP contribution in [-0.2, 0) is 13.0 Å². The van der Waals surface area contributed by atoms with Crippen molar-refractivity contribution in [3.05, 3.63) is 89.9 Å². The van der Waals surface area contributed by atoms with Crippen LogP contribution >= 0.6 is 0 Å². The molecule has 1 N–H and O–H groups in total. The van der Waals surface area contributed by atoms with Gasteiger partial charge in [-0.2, -0.15) is 0 Å². The molecule has 1 amide bonds. The molecule has 0 saturated carbocycles. The molecule has 4 heteroatoms. The molecular weight excluding hydrogens is 302 g/mol. The van der Waals surface area contributed by atoms with Crippen LogP contribution in [0.15, 0.2) is 77.4 Å². The van der Waals surface area contributed by atoms with Crippen LogP contribution in [0.5, 0.6) is 5.75 Å². The molecule has 1 aromatic heterocycles. The van der Waals surface area contributed by atoms with E-state index in [0.717, 1.165) is 17.7 Å². The van der Waals surface area contributed by atoms with Crippen molar-refractivity contribution in [3.8, 4) is 5.75 Å². The summed E-state index contributed by atoms with van der Waals surface area (Å²) in [5, 5.41) is 2.88. The minimum atomic E-state index is -0.220. The van der Waals surface area contributed by atoms with Gasteiger partial charge < -0.3 is 14.5 Å². The van der Waals surface area contributed by atoms with E-state index >= 15 is 0 Å². The van der Waals surface area contributed by atoms with Crippen LogP contribution in [0.2, 0.25) is 0 Å². The number of carbonyl (C=O) groups excluding carboxylic acids is 1. The molecule has 0 fully saturated rings. The van der Waals surface area contributed by atoms with Crippen molar-refractivity contribution in [1.29, 1.82) is 0 Å². The first kappa shape index (κ1) is 15.9. The quantitative estimate of drug-likeness (QED) is 0.719. The summed E-state index contributed by atoms with van der Waals surface area (Å²) in [4.78, 5) is 12.3. The molecule has 0 atom stereocenters. The third-order valence-electron chi connectivity index (χ3n) is 3.63. The molecule has 1 heterocycles. The van der Waals surface area contributed by atoms with E-state index in [2.05, 4.69) is 5.32 Å². The summed E-state index contributed by atoms with van der Waals surface area (Å²) in [6.45, 7) is 0.852. The van der Waals surface area contributed by atoms with Gasteiger partial charge in [-0.3, -0.25) is 4.79 Å². The summed E-state index contributed by atoms with van der Waals surface area (Å²) in [7, 11) is 0. The smallest absolute Gasteiger partial charge is 0.287 e. The molecule has 0 radical (unpaired) electrons. The molecule has 0 saturated heterocycles. The van der Waals surface area contributed by atoms with Crippen LogP contribution in [0.1, 0.15) is 21.7 Å². The zero-order chi connectivity index (χ0) is 16.6. The molecule has 2 aromatic carbocycles. The van der Waals surface area contributed by atoms with Crippen LogP contribution in [0.25, 0.3) is 0 Å². The number of carbonyl (C=O) groups is 1. The van der Waals surface area contributed by atoms with Crippen molar-refractivity contribution in [2.75, 3.05) is 6.54 Å². The van der Waals surface area contributed by atoms with E-state index in [1.165, 1.54) is 11.8 Å². The molecule has 3 rings (SSSR count). The van der Waals surface area contributed by atoms with E-state index in [1.807, 2.05) is 60.7 Å². The van der Waals surface area contributed by atoms with Gasteiger partial charge in [0.2, 0.25) is 0 Å². The lowest BCUT2D eigenvalue weighted by Gasteiger charge is -2.07. The van der Waals surface area contributed by atoms with Crippen molar-refractivity contribution in [2.45, 2.75) is 13.0 Å². The standard InChI is InChI=1S/C20H19NO3/c22-20(21-13-11-16-7-3-1-4-8-16)19-17(12-14-23-19)15-24-18-9-5-2-6-10-18/h1-10,12,14H,11,13,15H2,(H,21,22). The molecule has 0 unspecified atom stereocenters. The van der Waals surface area contributed by atoms with E-state index in [0.29, 0.717) is 18.9 Å². The third-order valence-corrected chi connectivity index (χ3v) is 3.63. The number of rotatable bonds is 7. The Morgan fingerprint density at radius 3 is 2.42 bits per heavy atom. The number of hydrogen-bond donors (Lipinski definition) is 1. The van der Waals surface area contributed by atoms with E-state index in [-0.39, 0.29) is 5.91 Å². The Morgan fingerprint density at radius 1 is 0.958 bits per heavy atom. The SMILES string of the molecule is O=C(NCCc1ccccc1)c1occc1COc1ccccc1. The maximum Gasteiger partial charge on any atom is 0.287 e. The number of hydrogen-bond acceptors (Lipinski definition) is 3. The molecular formula is C20H19NO3. The number of amides is 1. The predicted octanol–water partition coefficient (Wildman–Crippen LogP) is 3.83. The van der Waals surface area contributed by atoms with Gasteiger partial charge in [-0.15, -0.1) is 0 Å². The van der Waals surface area contributed by atoms with Crippen molar-refractivity contribution in [2.24, 2.45) is 0 Å². The summed E-state index contributed by atoms with van der Waals surface area (Å²) < 4.78 is 11.0. The summed E-state index contributed by atoms with van der Waals surface area (Å²) in [5.41, 5.74) is 1.92. The van der Waals surface area contributed by atoms with Crippen LogP contribution in [0.4, 0.5) is 0 Å². The fourth-order valence-corrected chi connectivity index (χ4v) is 2.37. The van der Waals surface area contributed by atoms with Crippen molar-refractivity contribution >= 4 is 5.91 Å². The highest BCUT2D eigenvalue weighted by Crippen LogP contribution is 2.15. The second kappa shape index (κ2) is 8.02. The van der Waals surface area contributed by atoms with Gasteiger partial charge in [-0.25, -0.2) is 0 Å². The molecule has 3 aromatic rings. The molecule has 24 heavy (non-hydrogen) atoms. The van der Waals surface area contributed by atoms with Crippen LogP contribution < -0.4 is 10.1 Å². The van der Waals surface area contributed by atoms with Gasteiger partial charge in [0.25, 0.3) is 5.91 Å². The number of nitrogens with one attached hydrogen (secondary N) is 1. The van der Waals surface area contributed by atoms with Gasteiger partial charge >= 0.3 is 0 Å². The fourth-order valence-electron chi connectivity index (χ4n) is 2.37. The lowest BCUT2D eigenvalue weighted by atomic mass is 10.1. The minimum Gasteiger partial charge on any atom is -0.489 e. The Labute approximate surface area is 141 Å². The molecule has 0 aliphatic heterocycles. The Morgan fingerprint density at radius 2 is 1.67 bits per heavy atom. The Hall–Kier alpha value is -3.01. The van der Waals surface area contributed by atoms with Crippen molar-refractivity contribution < 1.29 is 13.9 Å². The Balaban J connectivity index is 1.53. The Kier molecular flexibility index (Phi) is 5.30. The van der Waals surface area contributed by atoms with Gasteiger partial charge in [0.1, 0.15) is 12.4 Å². The third kappa shape index (κ3) is 4.26. The lowest BCUT2D eigenvalue weighted by molar-refractivity contribution is 0.0923. The predicted molar refractivity (Wildman–Crippen MR) is 92.0 cm³/mol. The van der Waals surface area contributed by atoms with Crippen LogP contribution in [-0.4, -0.2) is 12.5 Å². The Bertz CT molecular complexity index is 766. The molecule has 0 aliphatic carbocycles. The first-order chi connectivity index (χ1) is 11.8. The molecule has 122 valence electrons. The topological polar surface area (TPSA) is 51.5 Å². The van der Waals surface area contributed by atoms with Crippen LogP contribution in [0, 0.1) is 0 Å². The summed E-state index contributed by atoms with van der Waals surface area (Å²) in [5.74, 6) is 0.843. The number of ether oxygens (including phenoxy) is 1. The van der Waals surface area contributed by atoms with Gasteiger partial charge in [0, 0.05) is 12.1 Å². The van der Waals surface area contributed by atoms with Gasteiger partial charge in [0.05, 0.1) is 6.26 Å². The van der Waals surface area contributed by atoms with E-state index < -0.39 is 0 Å². The normalized spacial score (nSPS) is 10.3. The zero-order valence-corrected chi connectivity index (χ0v) is 13.3. The first-order valence-electron chi connectivity index (χ1n) is 7.89. The van der Waals surface area contributed by atoms with Crippen molar-refractivity contribution in [3.63, 3.8) is 0 Å². The second-order valence-corrected chi connectivity index (χ2v) is 5.37. The van der Waals surface area contributed by atoms with Crippen LogP contribution in [0.3, 0.4) is 0 Å².